The lowest BCUT2D eigenvalue weighted by molar-refractivity contribution is -0.137. The number of aromatic nitrogens is 2. The summed E-state index contributed by atoms with van der Waals surface area (Å²) in [4.78, 5) is 37.9. The first kappa shape index (κ1) is 25.6. The quantitative estimate of drug-likeness (QED) is 0.450. The number of halogens is 4. The van der Waals surface area contributed by atoms with Crippen LogP contribution >= 0.6 is 22.6 Å². The van der Waals surface area contributed by atoms with Gasteiger partial charge in [-0.25, -0.2) is 9.59 Å². The Morgan fingerprint density at radius 1 is 1.06 bits per heavy atom. The van der Waals surface area contributed by atoms with E-state index in [0.717, 1.165) is 22.9 Å². The molecule has 0 unspecified atom stereocenters. The van der Waals surface area contributed by atoms with Crippen molar-refractivity contribution in [1.29, 1.82) is 0 Å². The highest BCUT2D eigenvalue weighted by Gasteiger charge is 2.36. The minimum atomic E-state index is -4.79. The van der Waals surface area contributed by atoms with E-state index in [4.69, 9.17) is 11.6 Å². The summed E-state index contributed by atoms with van der Waals surface area (Å²) in [7, 11) is -0.491. The molecule has 2 aromatic carbocycles. The van der Waals surface area contributed by atoms with Gasteiger partial charge in [0, 0.05) is 20.3 Å². The molecular formula is C21H18ClF3N4O6S. The van der Waals surface area contributed by atoms with Gasteiger partial charge < -0.3 is 5.11 Å². The molecule has 1 aliphatic heterocycles. The average molecular weight is 547 g/mol. The zero-order valence-electron chi connectivity index (χ0n) is 18.5. The highest BCUT2D eigenvalue weighted by molar-refractivity contribution is 8.26. The number of anilines is 2. The van der Waals surface area contributed by atoms with Gasteiger partial charge in [0.2, 0.25) is 0 Å². The maximum absolute atomic E-state index is 13.3. The van der Waals surface area contributed by atoms with Crippen molar-refractivity contribution >= 4 is 39.9 Å². The van der Waals surface area contributed by atoms with Crippen LogP contribution in [0.1, 0.15) is 21.5 Å². The molecule has 0 saturated heterocycles. The van der Waals surface area contributed by atoms with Crippen LogP contribution in [0.3, 0.4) is 0 Å². The molecule has 192 valence electrons. The topological polar surface area (TPSA) is 128 Å². The van der Waals surface area contributed by atoms with E-state index in [1.807, 2.05) is 0 Å². The summed E-state index contributed by atoms with van der Waals surface area (Å²) in [5.74, 6) is -1.66. The predicted octanol–water partition coefficient (Wildman–Crippen LogP) is 3.88. The van der Waals surface area contributed by atoms with Crippen molar-refractivity contribution in [1.82, 2.24) is 9.13 Å². The Kier molecular flexibility index (Phi) is 6.11. The Hall–Kier alpha value is -3.46. The molecule has 36 heavy (non-hydrogen) atoms. The van der Waals surface area contributed by atoms with Crippen molar-refractivity contribution < 1.29 is 32.2 Å². The smallest absolute Gasteiger partial charge is 0.417 e. The van der Waals surface area contributed by atoms with Gasteiger partial charge in [0.05, 0.1) is 34.2 Å². The number of aromatic carboxylic acids is 1. The molecule has 0 atom stereocenters. The van der Waals surface area contributed by atoms with Crippen LogP contribution < -0.4 is 19.9 Å². The predicted molar refractivity (Wildman–Crippen MR) is 128 cm³/mol. The van der Waals surface area contributed by atoms with Crippen molar-refractivity contribution in [2.45, 2.75) is 12.7 Å². The number of hydrogen-bond donors (Lipinski definition) is 3. The summed E-state index contributed by atoms with van der Waals surface area (Å²) >= 11 is 5.91. The number of nitrogens with zero attached hydrogens (tertiary/aromatic N) is 4. The third-order valence-corrected chi connectivity index (χ3v) is 8.07. The van der Waals surface area contributed by atoms with E-state index in [2.05, 4.69) is 0 Å². The third-order valence-electron chi connectivity index (χ3n) is 5.76. The van der Waals surface area contributed by atoms with Gasteiger partial charge >= 0.3 is 17.8 Å². The number of fused-ring (bicyclic) bond motifs is 1. The molecule has 0 fully saturated rings. The summed E-state index contributed by atoms with van der Waals surface area (Å²) in [6.07, 6.45) is -3.99. The Balaban J connectivity index is 1.91. The SMILES string of the molecule is CN1c2ccc(-n3cc(C(=O)O)c(=O)n(Cc4cccc(C(F)(F)F)c4Cl)c3=O)cc2N(C)S1(O)O. The molecule has 2 heterocycles. The molecule has 0 spiro atoms. The number of carboxylic acid groups (broad SMARTS) is 1. The van der Waals surface area contributed by atoms with Crippen LogP contribution in [0.25, 0.3) is 5.69 Å². The third kappa shape index (κ3) is 4.01. The molecule has 0 saturated carbocycles. The summed E-state index contributed by atoms with van der Waals surface area (Å²) in [6.45, 7) is -0.727. The molecule has 15 heteroatoms. The van der Waals surface area contributed by atoms with Gasteiger partial charge in [-0.15, -0.1) is 0 Å². The first-order valence-electron chi connectivity index (χ1n) is 10.0. The first-order chi connectivity index (χ1) is 16.7. The van der Waals surface area contributed by atoms with Gasteiger partial charge in [-0.3, -0.25) is 31.6 Å². The maximum Gasteiger partial charge on any atom is 0.417 e. The lowest BCUT2D eigenvalue weighted by Crippen LogP contribution is -2.42. The fourth-order valence-electron chi connectivity index (χ4n) is 3.79. The van der Waals surface area contributed by atoms with E-state index >= 15 is 0 Å². The van der Waals surface area contributed by atoms with Gasteiger partial charge in [-0.1, -0.05) is 23.7 Å². The Bertz CT molecular complexity index is 1520. The van der Waals surface area contributed by atoms with Crippen LogP contribution in [0.2, 0.25) is 5.02 Å². The molecule has 1 aromatic heterocycles. The second-order valence-corrected chi connectivity index (χ2v) is 10.3. The molecular weight excluding hydrogens is 529 g/mol. The molecule has 0 aliphatic carbocycles. The van der Waals surface area contributed by atoms with Gasteiger partial charge in [0.1, 0.15) is 5.56 Å². The maximum atomic E-state index is 13.3. The number of rotatable bonds is 4. The van der Waals surface area contributed by atoms with E-state index in [1.54, 1.807) is 0 Å². The van der Waals surface area contributed by atoms with Crippen molar-refractivity contribution in [2.75, 3.05) is 22.7 Å². The van der Waals surface area contributed by atoms with Crippen molar-refractivity contribution in [3.8, 4) is 5.69 Å². The largest absolute Gasteiger partial charge is 0.477 e. The molecule has 3 N–H and O–H groups in total. The molecule has 0 amide bonds. The Morgan fingerprint density at radius 3 is 2.31 bits per heavy atom. The zero-order valence-corrected chi connectivity index (χ0v) is 20.1. The normalized spacial score (nSPS) is 15.7. The summed E-state index contributed by atoms with van der Waals surface area (Å²) in [5, 5.41) is 8.82. The van der Waals surface area contributed by atoms with Crippen LogP contribution in [0.4, 0.5) is 24.5 Å². The van der Waals surface area contributed by atoms with Crippen molar-refractivity contribution in [3.63, 3.8) is 0 Å². The van der Waals surface area contributed by atoms with Crippen LogP contribution in [0, 0.1) is 0 Å². The van der Waals surface area contributed by atoms with Crippen molar-refractivity contribution in [3.05, 3.63) is 85.1 Å². The lowest BCUT2D eigenvalue weighted by atomic mass is 10.1. The first-order valence-corrected chi connectivity index (χ1v) is 11.8. The lowest BCUT2D eigenvalue weighted by Gasteiger charge is -2.40. The molecule has 0 bridgehead atoms. The molecule has 10 nitrogen and oxygen atoms in total. The van der Waals surface area contributed by atoms with Crippen molar-refractivity contribution in [2.24, 2.45) is 0 Å². The monoisotopic (exact) mass is 546 g/mol. The fourth-order valence-corrected chi connectivity index (χ4v) is 5.28. The number of carboxylic acids is 1. The van der Waals surface area contributed by atoms with Gasteiger partial charge in [0.25, 0.3) is 5.56 Å². The number of carbonyl (C=O) groups is 1. The Morgan fingerprint density at radius 2 is 1.69 bits per heavy atom. The standard InChI is InChI=1S/C21H18ClF3N4O6S/c1-26-15-7-6-12(8-16(15)27(2)36(26,34)35)28-10-13(19(31)32)18(30)29(20(28)33)9-11-4-3-5-14(17(11)22)21(23,24)25/h3-8,10,34-35H,9H2,1-2H3,(H,31,32). The molecule has 0 radical (unpaired) electrons. The van der Waals surface area contributed by atoms with E-state index < -0.39 is 57.1 Å². The number of benzene rings is 2. The van der Waals surface area contributed by atoms with Crippen LogP contribution in [0.15, 0.2) is 52.2 Å². The zero-order chi connectivity index (χ0) is 26.7. The summed E-state index contributed by atoms with van der Waals surface area (Å²) in [5.41, 5.74) is -3.69. The van der Waals surface area contributed by atoms with E-state index in [9.17, 15) is 41.8 Å². The highest BCUT2D eigenvalue weighted by atomic mass is 35.5. The second kappa shape index (κ2) is 8.58. The number of hydrogen-bond acceptors (Lipinski definition) is 7. The summed E-state index contributed by atoms with van der Waals surface area (Å²) in [6, 6.07) is 7.22. The van der Waals surface area contributed by atoms with Crippen LogP contribution in [-0.2, 0) is 12.7 Å². The minimum absolute atomic E-state index is 0.0717. The molecule has 3 aromatic rings. The fraction of sp³-hybridized carbons (Fsp3) is 0.190. The highest BCUT2D eigenvalue weighted by Crippen LogP contribution is 2.59. The van der Waals surface area contributed by atoms with Gasteiger partial charge in [-0.05, 0) is 40.8 Å². The van der Waals surface area contributed by atoms with Gasteiger partial charge in [0.15, 0.2) is 0 Å². The van der Waals surface area contributed by atoms with Crippen LogP contribution in [-0.4, -0.2) is 43.4 Å². The second-order valence-electron chi connectivity index (χ2n) is 7.83. The Labute approximate surface area is 207 Å². The van der Waals surface area contributed by atoms with Gasteiger partial charge in [-0.2, -0.15) is 13.2 Å². The van der Waals surface area contributed by atoms with E-state index in [-0.39, 0.29) is 11.3 Å². The number of alkyl halides is 3. The van der Waals surface area contributed by atoms with E-state index in [1.165, 1.54) is 47.0 Å². The molecule has 4 rings (SSSR count). The van der Waals surface area contributed by atoms with E-state index in [0.29, 0.717) is 15.9 Å². The minimum Gasteiger partial charge on any atom is -0.477 e. The molecule has 1 aliphatic rings. The summed E-state index contributed by atoms with van der Waals surface area (Å²) < 4.78 is 64.2. The average Bonchev–Trinajstić information content (AvgIpc) is 2.96. The van der Waals surface area contributed by atoms with Crippen LogP contribution in [0.5, 0.6) is 0 Å².